The van der Waals surface area contributed by atoms with Gasteiger partial charge in [0, 0.05) is 0 Å². The van der Waals surface area contributed by atoms with E-state index >= 15 is 0 Å². The van der Waals surface area contributed by atoms with Crippen LogP contribution >= 0.6 is 0 Å². The molecule has 0 saturated carbocycles. The van der Waals surface area contributed by atoms with Gasteiger partial charge >= 0.3 is 0 Å². The average molecular weight is 262 g/mol. The zero-order valence-corrected chi connectivity index (χ0v) is 11.0. The highest BCUT2D eigenvalue weighted by atomic mass is 32.2. The van der Waals surface area contributed by atoms with E-state index in [1.165, 1.54) is 12.1 Å². The molecule has 0 aliphatic carbocycles. The summed E-state index contributed by atoms with van der Waals surface area (Å²) < 4.78 is 30.9. The van der Waals surface area contributed by atoms with E-state index in [9.17, 15) is 8.42 Å². The van der Waals surface area contributed by atoms with Gasteiger partial charge in [-0.05, 0) is 48.2 Å². The highest BCUT2D eigenvalue weighted by Crippen LogP contribution is 2.27. The van der Waals surface area contributed by atoms with Crippen molar-refractivity contribution in [2.75, 3.05) is 0 Å². The molecular weight excluding hydrogens is 248 g/mol. The van der Waals surface area contributed by atoms with Crippen LogP contribution in [0.15, 0.2) is 47.4 Å². The van der Waals surface area contributed by atoms with Crippen molar-refractivity contribution < 1.29 is 13.0 Å². The summed E-state index contributed by atoms with van der Waals surface area (Å²) in [5.41, 5.74) is 4.31. The third-order valence-corrected chi connectivity index (χ3v) is 3.79. The third-order valence-electron chi connectivity index (χ3n) is 2.92. The van der Waals surface area contributed by atoms with Crippen molar-refractivity contribution in [1.29, 1.82) is 0 Å². The lowest BCUT2D eigenvalue weighted by Gasteiger charge is -2.10. The van der Waals surface area contributed by atoms with Gasteiger partial charge in [-0.1, -0.05) is 30.3 Å². The van der Waals surface area contributed by atoms with Crippen molar-refractivity contribution in [2.24, 2.45) is 0 Å². The maximum absolute atomic E-state index is 11.0. The van der Waals surface area contributed by atoms with Crippen LogP contribution in [0.1, 0.15) is 11.1 Å². The first kappa shape index (κ1) is 12.8. The number of aryl methyl sites for hydroxylation is 2. The molecule has 4 heteroatoms. The average Bonchev–Trinajstić information content (AvgIpc) is 2.28. The topological polar surface area (TPSA) is 54.4 Å². The fourth-order valence-electron chi connectivity index (χ4n) is 2.06. The van der Waals surface area contributed by atoms with E-state index in [0.717, 1.165) is 22.3 Å². The van der Waals surface area contributed by atoms with Gasteiger partial charge in [-0.2, -0.15) is 8.42 Å². The largest absolute Gasteiger partial charge is 0.294 e. The molecule has 0 unspecified atom stereocenters. The Bertz CT molecular complexity index is 650. The van der Waals surface area contributed by atoms with Crippen molar-refractivity contribution in [2.45, 2.75) is 18.7 Å². The Hall–Kier alpha value is -1.65. The van der Waals surface area contributed by atoms with Crippen molar-refractivity contribution in [3.8, 4) is 11.1 Å². The molecule has 2 aromatic rings. The summed E-state index contributed by atoms with van der Waals surface area (Å²) in [6.45, 7) is 4.03. The van der Waals surface area contributed by atoms with E-state index in [1.54, 1.807) is 12.1 Å². The lowest BCUT2D eigenvalue weighted by molar-refractivity contribution is 0.483. The highest BCUT2D eigenvalue weighted by Gasteiger charge is 2.10. The molecule has 3 nitrogen and oxygen atoms in total. The standard InChI is InChI=1S/C14H14O3S/c1-10-4-3-5-11(2)14(10)12-6-8-13(9-7-12)18(15,16)17/h3-9H,1-2H3,(H,15,16,17). The van der Waals surface area contributed by atoms with Gasteiger partial charge in [0.15, 0.2) is 0 Å². The van der Waals surface area contributed by atoms with E-state index in [4.69, 9.17) is 4.55 Å². The molecule has 0 heterocycles. The lowest BCUT2D eigenvalue weighted by atomic mass is 9.96. The van der Waals surface area contributed by atoms with Gasteiger partial charge in [0.2, 0.25) is 0 Å². The van der Waals surface area contributed by atoms with Gasteiger partial charge < -0.3 is 0 Å². The highest BCUT2D eigenvalue weighted by molar-refractivity contribution is 7.85. The summed E-state index contributed by atoms with van der Waals surface area (Å²) >= 11 is 0. The van der Waals surface area contributed by atoms with Gasteiger partial charge in [-0.3, -0.25) is 4.55 Å². The van der Waals surface area contributed by atoms with Crippen molar-refractivity contribution in [1.82, 2.24) is 0 Å². The van der Waals surface area contributed by atoms with Crippen LogP contribution < -0.4 is 0 Å². The summed E-state index contributed by atoms with van der Waals surface area (Å²) in [6, 6.07) is 12.3. The van der Waals surface area contributed by atoms with Crippen LogP contribution in [0.4, 0.5) is 0 Å². The fraction of sp³-hybridized carbons (Fsp3) is 0.143. The van der Waals surface area contributed by atoms with Crippen LogP contribution in [-0.4, -0.2) is 13.0 Å². The van der Waals surface area contributed by atoms with E-state index in [2.05, 4.69) is 0 Å². The zero-order chi connectivity index (χ0) is 13.3. The van der Waals surface area contributed by atoms with Gasteiger partial charge in [-0.15, -0.1) is 0 Å². The minimum absolute atomic E-state index is 0.0857. The maximum atomic E-state index is 11.0. The molecule has 0 fully saturated rings. The number of hydrogen-bond acceptors (Lipinski definition) is 2. The normalized spacial score (nSPS) is 11.5. The minimum atomic E-state index is -4.12. The summed E-state index contributed by atoms with van der Waals surface area (Å²) in [5, 5.41) is 0. The molecule has 0 bridgehead atoms. The van der Waals surface area contributed by atoms with Gasteiger partial charge in [0.1, 0.15) is 0 Å². The zero-order valence-electron chi connectivity index (χ0n) is 10.2. The molecule has 0 aliphatic rings. The molecule has 0 amide bonds. The summed E-state index contributed by atoms with van der Waals surface area (Å²) in [6.07, 6.45) is 0. The Morgan fingerprint density at radius 1 is 0.889 bits per heavy atom. The first-order valence-corrected chi connectivity index (χ1v) is 6.98. The number of benzene rings is 2. The van der Waals surface area contributed by atoms with Crippen LogP contribution in [0.2, 0.25) is 0 Å². The summed E-state index contributed by atoms with van der Waals surface area (Å²) in [5.74, 6) is 0. The molecule has 18 heavy (non-hydrogen) atoms. The molecule has 94 valence electrons. The predicted octanol–water partition coefficient (Wildman–Crippen LogP) is 3.22. The Morgan fingerprint density at radius 2 is 1.39 bits per heavy atom. The second-order valence-electron chi connectivity index (χ2n) is 4.27. The maximum Gasteiger partial charge on any atom is 0.294 e. The molecule has 0 spiro atoms. The SMILES string of the molecule is Cc1cccc(C)c1-c1ccc(S(=O)(=O)O)cc1. The molecule has 1 N–H and O–H groups in total. The van der Waals surface area contributed by atoms with E-state index in [-0.39, 0.29) is 4.90 Å². The first-order chi connectivity index (χ1) is 8.39. The van der Waals surface area contributed by atoms with Crippen LogP contribution in [0, 0.1) is 13.8 Å². The smallest absolute Gasteiger partial charge is 0.282 e. The molecule has 2 aromatic carbocycles. The molecule has 0 aliphatic heterocycles. The molecule has 0 saturated heterocycles. The number of rotatable bonds is 2. The van der Waals surface area contributed by atoms with E-state index in [0.29, 0.717) is 0 Å². The van der Waals surface area contributed by atoms with Crippen LogP contribution in [0.3, 0.4) is 0 Å². The Kier molecular flexibility index (Phi) is 3.24. The van der Waals surface area contributed by atoms with Crippen LogP contribution in [-0.2, 0) is 10.1 Å². The first-order valence-electron chi connectivity index (χ1n) is 5.54. The predicted molar refractivity (Wildman–Crippen MR) is 71.2 cm³/mol. The molecular formula is C14H14O3S. The summed E-state index contributed by atoms with van der Waals surface area (Å²) in [4.78, 5) is -0.0857. The second kappa shape index (κ2) is 4.55. The molecule has 2 rings (SSSR count). The molecule has 0 aromatic heterocycles. The Labute approximate surface area is 107 Å². The van der Waals surface area contributed by atoms with Crippen molar-refractivity contribution in [3.63, 3.8) is 0 Å². The molecule has 0 atom stereocenters. The van der Waals surface area contributed by atoms with E-state index in [1.807, 2.05) is 32.0 Å². The molecule has 0 radical (unpaired) electrons. The monoisotopic (exact) mass is 262 g/mol. The third kappa shape index (κ3) is 2.44. The van der Waals surface area contributed by atoms with Crippen LogP contribution in [0.5, 0.6) is 0 Å². The second-order valence-corrected chi connectivity index (χ2v) is 5.69. The van der Waals surface area contributed by atoms with Gasteiger partial charge in [-0.25, -0.2) is 0 Å². The Morgan fingerprint density at radius 3 is 1.83 bits per heavy atom. The summed E-state index contributed by atoms with van der Waals surface area (Å²) in [7, 11) is -4.12. The lowest BCUT2D eigenvalue weighted by Crippen LogP contribution is -1.97. The Balaban J connectivity index is 2.54. The van der Waals surface area contributed by atoms with E-state index < -0.39 is 10.1 Å². The van der Waals surface area contributed by atoms with Gasteiger partial charge in [0.25, 0.3) is 10.1 Å². The quantitative estimate of drug-likeness (QED) is 0.845. The fourth-order valence-corrected chi connectivity index (χ4v) is 2.54. The van der Waals surface area contributed by atoms with Crippen molar-refractivity contribution >= 4 is 10.1 Å². The van der Waals surface area contributed by atoms with Gasteiger partial charge in [0.05, 0.1) is 4.90 Å². The van der Waals surface area contributed by atoms with Crippen LogP contribution in [0.25, 0.3) is 11.1 Å². The van der Waals surface area contributed by atoms with Crippen molar-refractivity contribution in [3.05, 3.63) is 53.6 Å². The number of hydrogen-bond donors (Lipinski definition) is 1. The minimum Gasteiger partial charge on any atom is -0.282 e.